The first kappa shape index (κ1) is 19.8. The first-order chi connectivity index (χ1) is 15.0. The molecule has 2 fully saturated rings. The Morgan fingerprint density at radius 1 is 1.13 bits per heavy atom. The van der Waals surface area contributed by atoms with Crippen LogP contribution in [0.1, 0.15) is 49.5 Å². The Labute approximate surface area is 180 Å². The van der Waals surface area contributed by atoms with Gasteiger partial charge in [-0.25, -0.2) is 9.67 Å². The molecule has 31 heavy (non-hydrogen) atoms. The molecule has 3 aromatic heterocycles. The van der Waals surface area contributed by atoms with Gasteiger partial charge in [0, 0.05) is 38.1 Å². The number of pyridine rings is 1. The molecule has 0 radical (unpaired) electrons. The summed E-state index contributed by atoms with van der Waals surface area (Å²) in [7, 11) is 0. The Morgan fingerprint density at radius 3 is 2.48 bits per heavy atom. The molecule has 1 aliphatic carbocycles. The van der Waals surface area contributed by atoms with Gasteiger partial charge in [0.2, 0.25) is 5.91 Å². The summed E-state index contributed by atoms with van der Waals surface area (Å²) in [4.78, 5) is 34.5. The van der Waals surface area contributed by atoms with Crippen LogP contribution in [0.3, 0.4) is 0 Å². The highest BCUT2D eigenvalue weighted by Crippen LogP contribution is 2.30. The number of aromatic nitrogens is 3. The van der Waals surface area contributed by atoms with Crippen LogP contribution in [-0.2, 0) is 4.79 Å². The van der Waals surface area contributed by atoms with E-state index in [1.54, 1.807) is 24.6 Å². The van der Waals surface area contributed by atoms with Gasteiger partial charge in [0.05, 0.1) is 23.4 Å². The molecule has 0 atom stereocenters. The minimum atomic E-state index is -0.0562. The third-order valence-electron chi connectivity index (χ3n) is 6.39. The molecule has 1 saturated carbocycles. The zero-order valence-electron chi connectivity index (χ0n) is 18.0. The van der Waals surface area contributed by atoms with E-state index in [2.05, 4.69) is 5.10 Å². The second-order valence-corrected chi connectivity index (χ2v) is 8.70. The third-order valence-corrected chi connectivity index (χ3v) is 6.39. The molecule has 0 N–H and O–H groups in total. The van der Waals surface area contributed by atoms with Crippen molar-refractivity contribution >= 4 is 22.8 Å². The minimum Gasteiger partial charge on any atom is -0.463 e. The Bertz CT molecular complexity index is 1110. The maximum absolute atomic E-state index is 13.5. The SMILES string of the molecule is CC(C)n1ncc2c(C(=O)N3CCN(C(=O)C4CCC4)CC3)cc(-c3ccco3)nc21. The lowest BCUT2D eigenvalue weighted by Gasteiger charge is -2.38. The van der Waals surface area contributed by atoms with E-state index < -0.39 is 0 Å². The number of rotatable bonds is 4. The first-order valence-electron chi connectivity index (χ1n) is 11.0. The monoisotopic (exact) mass is 421 g/mol. The van der Waals surface area contributed by atoms with Crippen molar-refractivity contribution < 1.29 is 14.0 Å². The van der Waals surface area contributed by atoms with Crippen molar-refractivity contribution in [3.05, 3.63) is 36.2 Å². The van der Waals surface area contributed by atoms with Crippen LogP contribution in [0.25, 0.3) is 22.5 Å². The summed E-state index contributed by atoms with van der Waals surface area (Å²) in [5.74, 6) is 1.00. The van der Waals surface area contributed by atoms with E-state index in [9.17, 15) is 9.59 Å². The Kier molecular flexibility index (Phi) is 5.00. The number of hydrogen-bond acceptors (Lipinski definition) is 5. The predicted molar refractivity (Wildman–Crippen MR) is 115 cm³/mol. The number of fused-ring (bicyclic) bond motifs is 1. The summed E-state index contributed by atoms with van der Waals surface area (Å²) in [5.41, 5.74) is 1.86. The molecule has 8 nitrogen and oxygen atoms in total. The molecule has 2 amide bonds. The van der Waals surface area contributed by atoms with Crippen molar-refractivity contribution in [2.24, 2.45) is 5.92 Å². The number of carbonyl (C=O) groups excluding carboxylic acids is 2. The first-order valence-corrected chi connectivity index (χ1v) is 11.0. The number of piperazine rings is 1. The number of hydrogen-bond donors (Lipinski definition) is 0. The summed E-state index contributed by atoms with van der Waals surface area (Å²) in [5, 5.41) is 5.21. The lowest BCUT2D eigenvalue weighted by Crippen LogP contribution is -2.52. The highest BCUT2D eigenvalue weighted by Gasteiger charge is 2.33. The van der Waals surface area contributed by atoms with Gasteiger partial charge >= 0.3 is 0 Å². The fourth-order valence-corrected chi connectivity index (χ4v) is 4.34. The van der Waals surface area contributed by atoms with E-state index in [0.717, 1.165) is 24.6 Å². The molecule has 0 aromatic carbocycles. The van der Waals surface area contributed by atoms with Crippen molar-refractivity contribution in [3.63, 3.8) is 0 Å². The van der Waals surface area contributed by atoms with Crippen molar-refractivity contribution in [2.45, 2.75) is 39.2 Å². The van der Waals surface area contributed by atoms with Gasteiger partial charge < -0.3 is 14.2 Å². The van der Waals surface area contributed by atoms with Crippen LogP contribution in [0.2, 0.25) is 0 Å². The average molecular weight is 422 g/mol. The molecule has 1 aliphatic heterocycles. The third kappa shape index (κ3) is 3.49. The van der Waals surface area contributed by atoms with Crippen molar-refractivity contribution in [1.29, 1.82) is 0 Å². The Balaban J connectivity index is 1.44. The largest absolute Gasteiger partial charge is 0.463 e. The fraction of sp³-hybridized carbons (Fsp3) is 0.478. The lowest BCUT2D eigenvalue weighted by atomic mass is 9.84. The summed E-state index contributed by atoms with van der Waals surface area (Å²) in [6, 6.07) is 5.55. The molecule has 5 rings (SSSR count). The Hall–Kier alpha value is -3.16. The molecule has 162 valence electrons. The summed E-state index contributed by atoms with van der Waals surface area (Å²) >= 11 is 0. The van der Waals surface area contributed by atoms with Crippen LogP contribution < -0.4 is 0 Å². The molecule has 4 heterocycles. The van der Waals surface area contributed by atoms with Gasteiger partial charge in [-0.2, -0.15) is 5.10 Å². The van der Waals surface area contributed by atoms with Crippen LogP contribution >= 0.6 is 0 Å². The summed E-state index contributed by atoms with van der Waals surface area (Å²) < 4.78 is 7.37. The van der Waals surface area contributed by atoms with E-state index in [-0.39, 0.29) is 23.8 Å². The lowest BCUT2D eigenvalue weighted by molar-refractivity contribution is -0.139. The fourth-order valence-electron chi connectivity index (χ4n) is 4.34. The molecule has 0 unspecified atom stereocenters. The van der Waals surface area contributed by atoms with Gasteiger partial charge in [0.25, 0.3) is 5.91 Å². The molecule has 8 heteroatoms. The highest BCUT2D eigenvalue weighted by atomic mass is 16.3. The average Bonchev–Trinajstić information content (AvgIpc) is 3.41. The summed E-state index contributed by atoms with van der Waals surface area (Å²) in [6.45, 7) is 6.32. The van der Waals surface area contributed by atoms with Gasteiger partial charge in [0.15, 0.2) is 11.4 Å². The molecular weight excluding hydrogens is 394 g/mol. The van der Waals surface area contributed by atoms with E-state index in [4.69, 9.17) is 9.40 Å². The van der Waals surface area contributed by atoms with Crippen LogP contribution in [0, 0.1) is 5.92 Å². The van der Waals surface area contributed by atoms with Gasteiger partial charge in [-0.3, -0.25) is 9.59 Å². The van der Waals surface area contributed by atoms with Gasteiger partial charge in [-0.05, 0) is 44.9 Å². The smallest absolute Gasteiger partial charge is 0.254 e. The van der Waals surface area contributed by atoms with E-state index >= 15 is 0 Å². The molecule has 0 bridgehead atoms. The van der Waals surface area contributed by atoms with Gasteiger partial charge in [0.1, 0.15) is 5.69 Å². The van der Waals surface area contributed by atoms with Crippen LogP contribution in [0.15, 0.2) is 35.1 Å². The van der Waals surface area contributed by atoms with Crippen molar-refractivity contribution in [3.8, 4) is 11.5 Å². The van der Waals surface area contributed by atoms with Crippen LogP contribution in [-0.4, -0.2) is 62.6 Å². The van der Waals surface area contributed by atoms with E-state index in [0.29, 0.717) is 48.8 Å². The maximum atomic E-state index is 13.5. The number of carbonyl (C=O) groups is 2. The van der Waals surface area contributed by atoms with Gasteiger partial charge in [-0.15, -0.1) is 0 Å². The quantitative estimate of drug-likeness (QED) is 0.645. The Morgan fingerprint density at radius 2 is 1.87 bits per heavy atom. The summed E-state index contributed by atoms with van der Waals surface area (Å²) in [6.07, 6.45) is 6.47. The van der Waals surface area contributed by atoms with E-state index in [1.807, 2.05) is 34.4 Å². The van der Waals surface area contributed by atoms with Gasteiger partial charge in [-0.1, -0.05) is 6.42 Å². The van der Waals surface area contributed by atoms with E-state index in [1.165, 1.54) is 0 Å². The number of amides is 2. The standard InChI is InChI=1S/C23H27N5O3/c1-15(2)28-21-18(14-24-28)17(13-19(25-21)20-7-4-12-31-20)23(30)27-10-8-26(9-11-27)22(29)16-5-3-6-16/h4,7,12-16H,3,5-6,8-11H2,1-2H3. The number of furan rings is 1. The topological polar surface area (TPSA) is 84.5 Å². The maximum Gasteiger partial charge on any atom is 0.254 e. The molecular formula is C23H27N5O3. The van der Waals surface area contributed by atoms with Crippen LogP contribution in [0.4, 0.5) is 0 Å². The predicted octanol–water partition coefficient (Wildman–Crippen LogP) is 3.36. The van der Waals surface area contributed by atoms with Crippen LogP contribution in [0.5, 0.6) is 0 Å². The second-order valence-electron chi connectivity index (χ2n) is 8.70. The molecule has 0 spiro atoms. The zero-order chi connectivity index (χ0) is 21.5. The molecule has 3 aromatic rings. The normalized spacial score (nSPS) is 17.4. The number of nitrogens with zero attached hydrogens (tertiary/aromatic N) is 5. The molecule has 2 aliphatic rings. The highest BCUT2D eigenvalue weighted by molar-refractivity contribution is 6.06. The van der Waals surface area contributed by atoms with Crippen molar-refractivity contribution in [2.75, 3.05) is 26.2 Å². The second kappa shape index (κ2) is 7.83. The van der Waals surface area contributed by atoms with Crippen molar-refractivity contribution in [1.82, 2.24) is 24.6 Å². The minimum absolute atomic E-state index is 0.0562. The zero-order valence-corrected chi connectivity index (χ0v) is 18.0. The molecule has 1 saturated heterocycles.